The van der Waals surface area contributed by atoms with Crippen molar-refractivity contribution in [1.82, 2.24) is 15.2 Å². The third-order valence-electron chi connectivity index (χ3n) is 5.16. The number of hydrogen-bond acceptors (Lipinski definition) is 5. The Bertz CT molecular complexity index is 1270. The average molecular weight is 504 g/mol. The molecular weight excluding hydrogens is 483 g/mol. The van der Waals surface area contributed by atoms with Crippen molar-refractivity contribution >= 4 is 17.5 Å². The van der Waals surface area contributed by atoms with E-state index in [-0.39, 0.29) is 31.2 Å². The maximum absolute atomic E-state index is 13.2. The van der Waals surface area contributed by atoms with Crippen LogP contribution in [0.15, 0.2) is 82.0 Å². The van der Waals surface area contributed by atoms with E-state index >= 15 is 0 Å². The molecule has 35 heavy (non-hydrogen) atoms. The second-order valence-corrected chi connectivity index (χ2v) is 8.23. The first-order valence-electron chi connectivity index (χ1n) is 10.6. The summed E-state index contributed by atoms with van der Waals surface area (Å²) in [5.74, 6) is 0.396. The SMILES string of the molecule is O=C(NCc1ccco1)c1coc(CN(Cc2cccc(C(F)(F)F)c2)Cc2ccccc2Cl)n1. The molecule has 1 amide bonds. The molecule has 2 aromatic heterocycles. The number of carbonyl (C=O) groups excluding carboxylic acids is 1. The van der Waals surface area contributed by atoms with E-state index in [1.807, 2.05) is 17.0 Å². The van der Waals surface area contributed by atoms with Gasteiger partial charge >= 0.3 is 6.18 Å². The van der Waals surface area contributed by atoms with Crippen LogP contribution in [0.25, 0.3) is 0 Å². The van der Waals surface area contributed by atoms with Gasteiger partial charge in [0.15, 0.2) is 5.69 Å². The van der Waals surface area contributed by atoms with Gasteiger partial charge in [-0.05, 0) is 35.4 Å². The molecule has 4 aromatic rings. The fourth-order valence-electron chi connectivity index (χ4n) is 3.49. The summed E-state index contributed by atoms with van der Waals surface area (Å²) < 4.78 is 50.2. The van der Waals surface area contributed by atoms with Crippen LogP contribution in [-0.2, 0) is 32.4 Å². The molecule has 0 atom stereocenters. The molecule has 0 aliphatic carbocycles. The highest BCUT2D eigenvalue weighted by molar-refractivity contribution is 6.31. The van der Waals surface area contributed by atoms with Crippen LogP contribution >= 0.6 is 11.6 Å². The maximum Gasteiger partial charge on any atom is 0.416 e. The molecular formula is C25H21ClF3N3O3. The molecule has 0 spiro atoms. The molecule has 0 aliphatic heterocycles. The summed E-state index contributed by atoms with van der Waals surface area (Å²) in [5.41, 5.74) is 0.626. The van der Waals surface area contributed by atoms with Crippen LogP contribution in [0.5, 0.6) is 0 Å². The van der Waals surface area contributed by atoms with Crippen LogP contribution < -0.4 is 5.32 Å². The molecule has 10 heteroatoms. The minimum Gasteiger partial charge on any atom is -0.467 e. The smallest absolute Gasteiger partial charge is 0.416 e. The minimum absolute atomic E-state index is 0.0864. The summed E-state index contributed by atoms with van der Waals surface area (Å²) in [6.07, 6.45) is -1.69. The molecule has 0 saturated heterocycles. The molecule has 0 radical (unpaired) electrons. The quantitative estimate of drug-likeness (QED) is 0.300. The zero-order chi connectivity index (χ0) is 24.8. The van der Waals surface area contributed by atoms with E-state index in [9.17, 15) is 18.0 Å². The highest BCUT2D eigenvalue weighted by Crippen LogP contribution is 2.30. The molecule has 4 rings (SSSR count). The van der Waals surface area contributed by atoms with E-state index in [1.165, 1.54) is 18.6 Å². The largest absolute Gasteiger partial charge is 0.467 e. The first-order valence-corrected chi connectivity index (χ1v) is 11.0. The first-order chi connectivity index (χ1) is 16.8. The van der Waals surface area contributed by atoms with Gasteiger partial charge < -0.3 is 14.2 Å². The van der Waals surface area contributed by atoms with Crippen molar-refractivity contribution in [3.63, 3.8) is 0 Å². The highest BCUT2D eigenvalue weighted by atomic mass is 35.5. The van der Waals surface area contributed by atoms with Crippen molar-refractivity contribution in [3.05, 3.63) is 112 Å². The second kappa shape index (κ2) is 10.8. The number of carbonyl (C=O) groups is 1. The van der Waals surface area contributed by atoms with Crippen LogP contribution in [0.2, 0.25) is 5.02 Å². The van der Waals surface area contributed by atoms with Crippen LogP contribution in [0.3, 0.4) is 0 Å². The topological polar surface area (TPSA) is 71.5 Å². The lowest BCUT2D eigenvalue weighted by molar-refractivity contribution is -0.137. The van der Waals surface area contributed by atoms with E-state index in [0.717, 1.165) is 17.7 Å². The van der Waals surface area contributed by atoms with Crippen molar-refractivity contribution in [3.8, 4) is 0 Å². The zero-order valence-corrected chi connectivity index (χ0v) is 19.1. The van der Waals surface area contributed by atoms with Crippen LogP contribution in [0.4, 0.5) is 13.2 Å². The fraction of sp³-hybridized carbons (Fsp3) is 0.200. The van der Waals surface area contributed by atoms with E-state index in [1.54, 1.807) is 30.3 Å². The Labute approximate surface area is 204 Å². The van der Waals surface area contributed by atoms with Crippen molar-refractivity contribution in [2.45, 2.75) is 32.4 Å². The summed E-state index contributed by atoms with van der Waals surface area (Å²) in [6, 6.07) is 15.8. The van der Waals surface area contributed by atoms with Gasteiger partial charge in [0.2, 0.25) is 5.89 Å². The summed E-state index contributed by atoms with van der Waals surface area (Å²) in [6.45, 7) is 0.852. The Balaban J connectivity index is 1.50. The van der Waals surface area contributed by atoms with Crippen molar-refractivity contribution in [1.29, 1.82) is 0 Å². The number of amides is 1. The number of nitrogens with one attached hydrogen (secondary N) is 1. The van der Waals surface area contributed by atoms with Crippen molar-refractivity contribution in [2.24, 2.45) is 0 Å². The Hall–Kier alpha value is -3.56. The second-order valence-electron chi connectivity index (χ2n) is 7.82. The van der Waals surface area contributed by atoms with E-state index in [0.29, 0.717) is 22.9 Å². The van der Waals surface area contributed by atoms with Crippen LogP contribution in [-0.4, -0.2) is 15.8 Å². The molecule has 0 aliphatic rings. The van der Waals surface area contributed by atoms with Crippen LogP contribution in [0.1, 0.15) is 38.8 Å². The first kappa shape index (κ1) is 24.6. The van der Waals surface area contributed by atoms with Gasteiger partial charge in [0.1, 0.15) is 12.0 Å². The predicted octanol–water partition coefficient (Wildman–Crippen LogP) is 6.07. The molecule has 0 unspecified atom stereocenters. The lowest BCUT2D eigenvalue weighted by Crippen LogP contribution is -2.24. The highest BCUT2D eigenvalue weighted by Gasteiger charge is 2.30. The van der Waals surface area contributed by atoms with Crippen LogP contribution in [0, 0.1) is 0 Å². The third kappa shape index (κ3) is 6.74. The Kier molecular flexibility index (Phi) is 7.57. The van der Waals surface area contributed by atoms with Gasteiger partial charge in [-0.2, -0.15) is 13.2 Å². The number of rotatable bonds is 9. The monoisotopic (exact) mass is 503 g/mol. The number of furan rings is 1. The van der Waals surface area contributed by atoms with E-state index < -0.39 is 17.6 Å². The maximum atomic E-state index is 13.2. The summed E-state index contributed by atoms with van der Waals surface area (Å²) in [5, 5.41) is 3.22. The van der Waals surface area contributed by atoms with E-state index in [2.05, 4.69) is 10.3 Å². The molecule has 0 saturated carbocycles. The molecule has 2 aromatic carbocycles. The number of alkyl halides is 3. The normalized spacial score (nSPS) is 11.7. The summed E-state index contributed by atoms with van der Waals surface area (Å²) in [7, 11) is 0. The number of oxazole rings is 1. The standard InChI is InChI=1S/C25H21ClF3N3O3/c26-21-9-2-1-6-18(21)14-32(13-17-5-3-7-19(11-17)25(27,28)29)15-23-31-22(16-35-23)24(33)30-12-20-8-4-10-34-20/h1-11,16H,12-15H2,(H,30,33). The van der Waals surface area contributed by atoms with Crippen molar-refractivity contribution < 1.29 is 26.8 Å². The number of nitrogens with zero attached hydrogens (tertiary/aromatic N) is 2. The molecule has 0 bridgehead atoms. The fourth-order valence-corrected chi connectivity index (χ4v) is 3.69. The third-order valence-corrected chi connectivity index (χ3v) is 5.53. The molecule has 2 heterocycles. The molecule has 6 nitrogen and oxygen atoms in total. The number of halogens is 4. The molecule has 1 N–H and O–H groups in total. The van der Waals surface area contributed by atoms with Crippen molar-refractivity contribution in [2.75, 3.05) is 0 Å². The van der Waals surface area contributed by atoms with E-state index in [4.69, 9.17) is 20.4 Å². The lowest BCUT2D eigenvalue weighted by Gasteiger charge is -2.22. The van der Waals surface area contributed by atoms with Gasteiger partial charge in [-0.1, -0.05) is 48.0 Å². The minimum atomic E-state index is -4.44. The number of benzene rings is 2. The van der Waals surface area contributed by atoms with Gasteiger partial charge in [-0.25, -0.2) is 4.98 Å². The Morgan fingerprint density at radius 3 is 2.57 bits per heavy atom. The number of hydrogen-bond donors (Lipinski definition) is 1. The molecule has 0 fully saturated rings. The Morgan fingerprint density at radius 2 is 1.83 bits per heavy atom. The zero-order valence-electron chi connectivity index (χ0n) is 18.4. The van der Waals surface area contributed by atoms with Gasteiger partial charge in [-0.3, -0.25) is 9.69 Å². The summed E-state index contributed by atoms with van der Waals surface area (Å²) in [4.78, 5) is 18.5. The van der Waals surface area contributed by atoms with Gasteiger partial charge in [0.25, 0.3) is 5.91 Å². The Morgan fingerprint density at radius 1 is 1.00 bits per heavy atom. The van der Waals surface area contributed by atoms with Gasteiger partial charge in [0.05, 0.1) is 24.9 Å². The average Bonchev–Trinajstić information content (AvgIpc) is 3.51. The number of aromatic nitrogens is 1. The predicted molar refractivity (Wildman–Crippen MR) is 122 cm³/mol. The van der Waals surface area contributed by atoms with Gasteiger partial charge in [0, 0.05) is 18.1 Å². The summed E-state index contributed by atoms with van der Waals surface area (Å²) >= 11 is 6.31. The molecule has 182 valence electrons. The van der Waals surface area contributed by atoms with Gasteiger partial charge in [-0.15, -0.1) is 0 Å². The lowest BCUT2D eigenvalue weighted by atomic mass is 10.1.